The number of nitrogens with one attached hydrogen (secondary N) is 1. The van der Waals surface area contributed by atoms with E-state index < -0.39 is 0 Å². The zero-order valence-electron chi connectivity index (χ0n) is 12.2. The Hall–Kier alpha value is -0.870. The molecular formula is C16H24N2OS. The molecule has 20 heavy (non-hydrogen) atoms. The lowest BCUT2D eigenvalue weighted by Gasteiger charge is -2.32. The van der Waals surface area contributed by atoms with Crippen molar-refractivity contribution in [2.45, 2.75) is 45.1 Å². The fraction of sp³-hybridized carbons (Fsp3) is 0.688. The summed E-state index contributed by atoms with van der Waals surface area (Å²) in [6.45, 7) is 5.11. The zero-order valence-corrected chi connectivity index (χ0v) is 13.0. The van der Waals surface area contributed by atoms with Crippen LogP contribution >= 0.6 is 11.3 Å². The largest absolute Gasteiger partial charge is 0.338 e. The summed E-state index contributed by atoms with van der Waals surface area (Å²) in [7, 11) is 0. The van der Waals surface area contributed by atoms with Crippen LogP contribution in [0.25, 0.3) is 0 Å². The third-order valence-corrected chi connectivity index (χ3v) is 5.44. The lowest BCUT2D eigenvalue weighted by atomic mass is 10.0. The summed E-state index contributed by atoms with van der Waals surface area (Å²) < 4.78 is 0. The number of rotatable bonds is 5. The Morgan fingerprint density at radius 1 is 1.35 bits per heavy atom. The van der Waals surface area contributed by atoms with Crippen LogP contribution in [0.1, 0.15) is 47.8 Å². The number of likely N-dealkylation sites (tertiary alicyclic amines) is 1. The molecule has 0 atom stereocenters. The Kier molecular flexibility index (Phi) is 4.41. The average Bonchev–Trinajstić information content (AvgIpc) is 3.20. The van der Waals surface area contributed by atoms with Gasteiger partial charge in [-0.3, -0.25) is 4.79 Å². The van der Waals surface area contributed by atoms with Crippen LogP contribution in [-0.2, 0) is 6.42 Å². The number of amides is 1. The maximum absolute atomic E-state index is 12.5. The molecule has 0 aromatic carbocycles. The summed E-state index contributed by atoms with van der Waals surface area (Å²) in [5.74, 6) is 1.19. The number of thiophene rings is 1. The summed E-state index contributed by atoms with van der Waals surface area (Å²) in [6.07, 6.45) is 5.96. The van der Waals surface area contributed by atoms with Crippen molar-refractivity contribution in [3.63, 3.8) is 0 Å². The van der Waals surface area contributed by atoms with Crippen molar-refractivity contribution in [3.05, 3.63) is 21.9 Å². The van der Waals surface area contributed by atoms with Gasteiger partial charge < -0.3 is 10.2 Å². The van der Waals surface area contributed by atoms with E-state index in [1.54, 1.807) is 11.3 Å². The van der Waals surface area contributed by atoms with Crippen LogP contribution in [0.5, 0.6) is 0 Å². The standard InChI is InChI=1S/C16H24N2OS/c1-2-13-7-10-20-15(13)16(19)18-8-5-14(6-9-18)17-11-12-3-4-12/h7,10,12,14,17H,2-6,8-9,11H2,1H3. The number of carbonyl (C=O) groups is 1. The second-order valence-electron chi connectivity index (χ2n) is 6.05. The van der Waals surface area contributed by atoms with Gasteiger partial charge in [-0.2, -0.15) is 0 Å². The van der Waals surface area contributed by atoms with E-state index in [1.165, 1.54) is 24.9 Å². The van der Waals surface area contributed by atoms with Crippen LogP contribution in [0.15, 0.2) is 11.4 Å². The molecule has 1 N–H and O–H groups in total. The minimum atomic E-state index is 0.248. The number of hydrogen-bond acceptors (Lipinski definition) is 3. The topological polar surface area (TPSA) is 32.3 Å². The lowest BCUT2D eigenvalue weighted by Crippen LogP contribution is -2.45. The predicted octanol–water partition coefficient (Wildman–Crippen LogP) is 2.91. The van der Waals surface area contributed by atoms with Crippen molar-refractivity contribution in [2.24, 2.45) is 5.92 Å². The predicted molar refractivity (Wildman–Crippen MR) is 83.3 cm³/mol. The molecule has 0 spiro atoms. The number of carbonyl (C=O) groups excluding carboxylic acids is 1. The van der Waals surface area contributed by atoms with E-state index >= 15 is 0 Å². The molecule has 1 aliphatic heterocycles. The van der Waals surface area contributed by atoms with E-state index in [0.717, 1.165) is 43.1 Å². The Morgan fingerprint density at radius 2 is 2.10 bits per heavy atom. The van der Waals surface area contributed by atoms with Crippen LogP contribution < -0.4 is 5.32 Å². The molecule has 1 saturated carbocycles. The van der Waals surface area contributed by atoms with Gasteiger partial charge in [0.05, 0.1) is 4.88 Å². The maximum atomic E-state index is 12.5. The first kappa shape index (κ1) is 14.1. The van der Waals surface area contributed by atoms with Gasteiger partial charge in [0.2, 0.25) is 0 Å². The molecule has 1 aromatic rings. The summed E-state index contributed by atoms with van der Waals surface area (Å²) in [5.41, 5.74) is 1.20. The molecule has 0 radical (unpaired) electrons. The first-order valence-electron chi connectivity index (χ1n) is 7.87. The second kappa shape index (κ2) is 6.27. The Bertz CT molecular complexity index is 459. The van der Waals surface area contributed by atoms with Gasteiger partial charge in [-0.25, -0.2) is 0 Å². The fourth-order valence-electron chi connectivity index (χ4n) is 2.89. The van der Waals surface area contributed by atoms with Gasteiger partial charge in [-0.1, -0.05) is 6.92 Å². The highest BCUT2D eigenvalue weighted by molar-refractivity contribution is 7.12. The Balaban J connectivity index is 1.50. The highest BCUT2D eigenvalue weighted by Crippen LogP contribution is 2.28. The molecule has 110 valence electrons. The van der Waals surface area contributed by atoms with E-state index in [2.05, 4.69) is 18.3 Å². The molecule has 1 amide bonds. The monoisotopic (exact) mass is 292 g/mol. The van der Waals surface area contributed by atoms with Gasteiger partial charge >= 0.3 is 0 Å². The van der Waals surface area contributed by atoms with Crippen molar-refractivity contribution >= 4 is 17.2 Å². The van der Waals surface area contributed by atoms with Crippen molar-refractivity contribution < 1.29 is 4.79 Å². The quantitative estimate of drug-likeness (QED) is 0.905. The summed E-state index contributed by atoms with van der Waals surface area (Å²) in [6, 6.07) is 2.70. The van der Waals surface area contributed by atoms with Crippen LogP contribution in [0.4, 0.5) is 0 Å². The molecule has 1 saturated heterocycles. The highest BCUT2D eigenvalue weighted by atomic mass is 32.1. The van der Waals surface area contributed by atoms with Gasteiger partial charge in [-0.15, -0.1) is 11.3 Å². The summed E-state index contributed by atoms with van der Waals surface area (Å²) in [4.78, 5) is 15.5. The molecule has 1 aliphatic carbocycles. The van der Waals surface area contributed by atoms with Gasteiger partial charge in [0.25, 0.3) is 5.91 Å². The van der Waals surface area contributed by atoms with Crippen LogP contribution in [0.3, 0.4) is 0 Å². The molecule has 0 unspecified atom stereocenters. The molecule has 3 rings (SSSR count). The van der Waals surface area contributed by atoms with E-state index in [0.29, 0.717) is 6.04 Å². The first-order chi connectivity index (χ1) is 9.78. The van der Waals surface area contributed by atoms with Crippen LogP contribution in [-0.4, -0.2) is 36.5 Å². The van der Waals surface area contributed by atoms with Crippen molar-refractivity contribution in [1.29, 1.82) is 0 Å². The van der Waals surface area contributed by atoms with Gasteiger partial charge in [0, 0.05) is 19.1 Å². The SMILES string of the molecule is CCc1ccsc1C(=O)N1CCC(NCC2CC2)CC1. The van der Waals surface area contributed by atoms with Crippen molar-refractivity contribution in [3.8, 4) is 0 Å². The molecule has 2 aliphatic rings. The smallest absolute Gasteiger partial charge is 0.264 e. The summed E-state index contributed by atoms with van der Waals surface area (Å²) in [5, 5.41) is 5.70. The number of nitrogens with zero attached hydrogens (tertiary/aromatic N) is 1. The molecule has 1 aromatic heterocycles. The number of aryl methyl sites for hydroxylation is 1. The molecule has 3 nitrogen and oxygen atoms in total. The highest BCUT2D eigenvalue weighted by Gasteiger charge is 2.27. The fourth-order valence-corrected chi connectivity index (χ4v) is 3.85. The Labute approximate surface area is 125 Å². The second-order valence-corrected chi connectivity index (χ2v) is 6.96. The molecule has 2 heterocycles. The third kappa shape index (κ3) is 3.23. The van der Waals surface area contributed by atoms with E-state index in [1.807, 2.05) is 10.3 Å². The van der Waals surface area contributed by atoms with E-state index in [-0.39, 0.29) is 5.91 Å². The average molecular weight is 292 g/mol. The number of piperidine rings is 1. The molecule has 0 bridgehead atoms. The van der Waals surface area contributed by atoms with Crippen molar-refractivity contribution in [2.75, 3.05) is 19.6 Å². The van der Waals surface area contributed by atoms with Gasteiger partial charge in [0.1, 0.15) is 0 Å². The van der Waals surface area contributed by atoms with Gasteiger partial charge in [-0.05, 0) is 61.6 Å². The minimum Gasteiger partial charge on any atom is -0.338 e. The zero-order chi connectivity index (χ0) is 13.9. The molecule has 4 heteroatoms. The third-order valence-electron chi connectivity index (χ3n) is 4.50. The molecule has 2 fully saturated rings. The van der Waals surface area contributed by atoms with Crippen LogP contribution in [0.2, 0.25) is 0 Å². The summed E-state index contributed by atoms with van der Waals surface area (Å²) >= 11 is 1.59. The lowest BCUT2D eigenvalue weighted by molar-refractivity contribution is 0.0709. The number of hydrogen-bond donors (Lipinski definition) is 1. The molecular weight excluding hydrogens is 268 g/mol. The van der Waals surface area contributed by atoms with E-state index in [4.69, 9.17) is 0 Å². The van der Waals surface area contributed by atoms with Crippen molar-refractivity contribution in [1.82, 2.24) is 10.2 Å². The first-order valence-corrected chi connectivity index (χ1v) is 8.75. The van der Waals surface area contributed by atoms with Crippen LogP contribution in [0, 0.1) is 5.92 Å². The van der Waals surface area contributed by atoms with Gasteiger partial charge in [0.15, 0.2) is 0 Å². The normalized spacial score (nSPS) is 20.4. The Morgan fingerprint density at radius 3 is 2.75 bits per heavy atom. The minimum absolute atomic E-state index is 0.248. The van der Waals surface area contributed by atoms with E-state index in [9.17, 15) is 4.79 Å². The maximum Gasteiger partial charge on any atom is 0.264 e.